The molecule has 1 aromatic rings. The van der Waals surface area contributed by atoms with Crippen molar-refractivity contribution >= 4 is 0 Å². The third-order valence-electron chi connectivity index (χ3n) is 2.57. The molecule has 0 saturated heterocycles. The van der Waals surface area contributed by atoms with Crippen molar-refractivity contribution in [3.05, 3.63) is 29.6 Å². The fourth-order valence-corrected chi connectivity index (χ4v) is 1.68. The number of hydrogen-bond donors (Lipinski definition) is 1. The van der Waals surface area contributed by atoms with E-state index >= 15 is 0 Å². The minimum atomic E-state index is -4.68. The highest BCUT2D eigenvalue weighted by molar-refractivity contribution is 5.30. The van der Waals surface area contributed by atoms with Crippen LogP contribution in [0.4, 0.5) is 17.6 Å². The summed E-state index contributed by atoms with van der Waals surface area (Å²) in [5.41, 5.74) is 0.478. The van der Waals surface area contributed by atoms with Crippen LogP contribution in [0.1, 0.15) is 25.5 Å². The first-order valence-electron chi connectivity index (χ1n) is 6.19. The van der Waals surface area contributed by atoms with Crippen molar-refractivity contribution in [2.75, 3.05) is 19.8 Å². The van der Waals surface area contributed by atoms with E-state index in [1.807, 2.05) is 13.8 Å². The van der Waals surface area contributed by atoms with Crippen LogP contribution >= 0.6 is 0 Å². The largest absolute Gasteiger partial charge is 0.522 e. The van der Waals surface area contributed by atoms with Crippen molar-refractivity contribution in [3.8, 4) is 5.75 Å². The van der Waals surface area contributed by atoms with Gasteiger partial charge in [-0.15, -0.1) is 13.2 Å². The summed E-state index contributed by atoms with van der Waals surface area (Å²) in [6, 6.07) is 4.06. The van der Waals surface area contributed by atoms with Gasteiger partial charge in [0.25, 0.3) is 0 Å². The molecule has 3 nitrogen and oxygen atoms in total. The van der Waals surface area contributed by atoms with Crippen LogP contribution in [0.25, 0.3) is 0 Å². The SMILES string of the molecule is CCNC(C)c1ccc(OCCOC(F)(F)F)cc1F. The van der Waals surface area contributed by atoms with Gasteiger partial charge in [-0.05, 0) is 19.5 Å². The van der Waals surface area contributed by atoms with Crippen LogP contribution in [0.15, 0.2) is 18.2 Å². The summed E-state index contributed by atoms with van der Waals surface area (Å²) >= 11 is 0. The first-order valence-corrected chi connectivity index (χ1v) is 6.19. The van der Waals surface area contributed by atoms with Gasteiger partial charge in [0, 0.05) is 17.7 Å². The standard InChI is InChI=1S/C13H17F4NO2/c1-3-18-9(2)11-5-4-10(8-12(11)14)19-6-7-20-13(15,16)17/h4-5,8-9,18H,3,6-7H2,1-2H3. The molecule has 0 aliphatic carbocycles. The van der Waals surface area contributed by atoms with E-state index in [0.717, 1.165) is 6.07 Å². The molecule has 0 amide bonds. The summed E-state index contributed by atoms with van der Waals surface area (Å²) in [4.78, 5) is 0. The highest BCUT2D eigenvalue weighted by atomic mass is 19.4. The van der Waals surface area contributed by atoms with Gasteiger partial charge in [0.1, 0.15) is 18.2 Å². The van der Waals surface area contributed by atoms with Crippen molar-refractivity contribution in [3.63, 3.8) is 0 Å². The molecule has 1 aromatic carbocycles. The predicted molar refractivity (Wildman–Crippen MR) is 66.0 cm³/mol. The average Bonchev–Trinajstić information content (AvgIpc) is 2.34. The lowest BCUT2D eigenvalue weighted by Crippen LogP contribution is -2.19. The molecule has 0 heterocycles. The maximum Gasteiger partial charge on any atom is 0.522 e. The van der Waals surface area contributed by atoms with Gasteiger partial charge >= 0.3 is 6.36 Å². The normalized spacial score (nSPS) is 13.3. The number of alkyl halides is 3. The number of halogens is 4. The highest BCUT2D eigenvalue weighted by Crippen LogP contribution is 2.22. The Morgan fingerprint density at radius 2 is 1.95 bits per heavy atom. The fourth-order valence-electron chi connectivity index (χ4n) is 1.68. The summed E-state index contributed by atoms with van der Waals surface area (Å²) in [6.07, 6.45) is -4.68. The van der Waals surface area contributed by atoms with E-state index in [4.69, 9.17) is 4.74 Å². The van der Waals surface area contributed by atoms with Crippen LogP contribution in [0.2, 0.25) is 0 Å². The number of hydrogen-bond acceptors (Lipinski definition) is 3. The molecule has 0 bridgehead atoms. The molecule has 0 aliphatic rings. The molecule has 114 valence electrons. The van der Waals surface area contributed by atoms with Crippen molar-refractivity contribution in [2.24, 2.45) is 0 Å². The molecule has 0 saturated carbocycles. The third kappa shape index (κ3) is 5.75. The number of benzene rings is 1. The average molecular weight is 295 g/mol. The van der Waals surface area contributed by atoms with Crippen molar-refractivity contribution in [1.29, 1.82) is 0 Å². The second kappa shape index (κ2) is 7.44. The predicted octanol–water partition coefficient (Wildman–Crippen LogP) is 3.41. The molecule has 0 aliphatic heterocycles. The van der Waals surface area contributed by atoms with Gasteiger partial charge in [-0.2, -0.15) is 0 Å². The van der Waals surface area contributed by atoms with Gasteiger partial charge in [0.05, 0.1) is 6.61 Å². The van der Waals surface area contributed by atoms with Gasteiger partial charge in [0.2, 0.25) is 0 Å². The summed E-state index contributed by atoms with van der Waals surface area (Å²) in [5.74, 6) is -0.298. The molecular weight excluding hydrogens is 278 g/mol. The maximum absolute atomic E-state index is 13.8. The summed E-state index contributed by atoms with van der Waals surface area (Å²) in [5, 5.41) is 3.07. The second-order valence-electron chi connectivity index (χ2n) is 4.11. The van der Waals surface area contributed by atoms with Gasteiger partial charge in [0.15, 0.2) is 0 Å². The summed E-state index contributed by atoms with van der Waals surface area (Å²) < 4.78 is 57.5. The van der Waals surface area contributed by atoms with E-state index in [2.05, 4.69) is 10.1 Å². The molecule has 0 radical (unpaired) electrons. The van der Waals surface area contributed by atoms with Crippen LogP contribution in [-0.2, 0) is 4.74 Å². The molecule has 1 rings (SSSR count). The van der Waals surface area contributed by atoms with Crippen molar-refractivity contribution in [2.45, 2.75) is 26.3 Å². The van der Waals surface area contributed by atoms with E-state index in [1.54, 1.807) is 6.07 Å². The van der Waals surface area contributed by atoms with Gasteiger partial charge in [-0.3, -0.25) is 4.74 Å². The third-order valence-corrected chi connectivity index (χ3v) is 2.57. The summed E-state index contributed by atoms with van der Waals surface area (Å²) in [7, 11) is 0. The van der Waals surface area contributed by atoms with E-state index in [1.165, 1.54) is 6.07 Å². The number of rotatable bonds is 7. The van der Waals surface area contributed by atoms with Crippen LogP contribution < -0.4 is 10.1 Å². The summed E-state index contributed by atoms with van der Waals surface area (Å²) in [6.45, 7) is 3.49. The first-order chi connectivity index (χ1) is 9.33. The fraction of sp³-hybridized carbons (Fsp3) is 0.538. The molecule has 0 aromatic heterocycles. The second-order valence-corrected chi connectivity index (χ2v) is 4.11. The zero-order valence-electron chi connectivity index (χ0n) is 11.3. The van der Waals surface area contributed by atoms with E-state index in [9.17, 15) is 17.6 Å². The monoisotopic (exact) mass is 295 g/mol. The molecular formula is C13H17F4NO2. The Morgan fingerprint density at radius 1 is 1.25 bits per heavy atom. The lowest BCUT2D eigenvalue weighted by molar-refractivity contribution is -0.325. The van der Waals surface area contributed by atoms with E-state index < -0.39 is 18.8 Å². The Kier molecular flexibility index (Phi) is 6.22. The van der Waals surface area contributed by atoms with Gasteiger partial charge < -0.3 is 10.1 Å². The van der Waals surface area contributed by atoms with Gasteiger partial charge in [-0.1, -0.05) is 13.0 Å². The van der Waals surface area contributed by atoms with E-state index in [-0.39, 0.29) is 18.4 Å². The topological polar surface area (TPSA) is 30.5 Å². The molecule has 0 spiro atoms. The van der Waals surface area contributed by atoms with Crippen LogP contribution in [0.3, 0.4) is 0 Å². The molecule has 0 fully saturated rings. The smallest absolute Gasteiger partial charge is 0.491 e. The zero-order chi connectivity index (χ0) is 15.2. The Morgan fingerprint density at radius 3 is 2.50 bits per heavy atom. The maximum atomic E-state index is 13.8. The van der Waals surface area contributed by atoms with Crippen molar-refractivity contribution in [1.82, 2.24) is 5.32 Å². The first kappa shape index (κ1) is 16.7. The number of nitrogens with one attached hydrogen (secondary N) is 1. The quantitative estimate of drug-likeness (QED) is 0.617. The Balaban J connectivity index is 2.51. The Hall–Kier alpha value is -1.34. The van der Waals surface area contributed by atoms with Crippen molar-refractivity contribution < 1.29 is 27.0 Å². The van der Waals surface area contributed by atoms with E-state index in [0.29, 0.717) is 12.1 Å². The van der Waals surface area contributed by atoms with Crippen LogP contribution in [-0.4, -0.2) is 26.1 Å². The lowest BCUT2D eigenvalue weighted by Gasteiger charge is -2.15. The molecule has 20 heavy (non-hydrogen) atoms. The minimum absolute atomic E-state index is 0.150. The Labute approximate surface area is 114 Å². The van der Waals surface area contributed by atoms with Crippen LogP contribution in [0.5, 0.6) is 5.75 Å². The zero-order valence-corrected chi connectivity index (χ0v) is 11.3. The number of ether oxygens (including phenoxy) is 2. The highest BCUT2D eigenvalue weighted by Gasteiger charge is 2.28. The van der Waals surface area contributed by atoms with Crippen LogP contribution in [0, 0.1) is 5.82 Å². The molecule has 1 atom stereocenters. The van der Waals surface area contributed by atoms with Gasteiger partial charge in [-0.25, -0.2) is 4.39 Å². The molecule has 1 N–H and O–H groups in total. The molecule has 1 unspecified atom stereocenters. The minimum Gasteiger partial charge on any atom is -0.491 e. The lowest BCUT2D eigenvalue weighted by atomic mass is 10.1. The molecule has 7 heteroatoms. The Bertz CT molecular complexity index is 423.